The molecule has 1 rings (SSSR count). The Labute approximate surface area is 137 Å². The number of isocyanates is 2. The number of ketones is 2. The zero-order chi connectivity index (χ0) is 18.1. The van der Waals surface area contributed by atoms with Gasteiger partial charge in [-0.15, -0.1) is 0 Å². The Morgan fingerprint density at radius 2 is 1.74 bits per heavy atom. The van der Waals surface area contributed by atoms with Crippen molar-refractivity contribution in [3.8, 4) is 0 Å². The van der Waals surface area contributed by atoms with Gasteiger partial charge in [-0.3, -0.25) is 9.59 Å². The summed E-state index contributed by atoms with van der Waals surface area (Å²) in [5.74, 6) is -0.637. The molecule has 0 amide bonds. The standard InChI is InChI=1S/C12H18N2O2.C5H8O2/c1-11(2)4-10(14-9-16)5-12(3,6-11)7-13-8-15;1-3-5(7)4(2)6/h10H,4-7H2,1-3H3;3H2,1-2H3. The van der Waals surface area contributed by atoms with Gasteiger partial charge in [-0.05, 0) is 30.1 Å². The van der Waals surface area contributed by atoms with Crippen LogP contribution in [0.1, 0.15) is 60.3 Å². The lowest BCUT2D eigenvalue weighted by Gasteiger charge is -2.44. The van der Waals surface area contributed by atoms with E-state index < -0.39 is 0 Å². The number of aliphatic imine (C=N–C) groups is 2. The van der Waals surface area contributed by atoms with Gasteiger partial charge < -0.3 is 0 Å². The molecule has 128 valence electrons. The van der Waals surface area contributed by atoms with Crippen molar-refractivity contribution in [2.75, 3.05) is 6.54 Å². The molecular weight excluding hydrogens is 296 g/mol. The molecule has 6 nitrogen and oxygen atoms in total. The van der Waals surface area contributed by atoms with Crippen molar-refractivity contribution >= 4 is 23.7 Å². The molecule has 0 aliphatic heterocycles. The first-order valence-electron chi connectivity index (χ1n) is 7.73. The van der Waals surface area contributed by atoms with Gasteiger partial charge in [0.05, 0.1) is 12.6 Å². The van der Waals surface area contributed by atoms with E-state index in [1.165, 1.54) is 6.92 Å². The van der Waals surface area contributed by atoms with Crippen LogP contribution in [-0.4, -0.2) is 36.3 Å². The highest BCUT2D eigenvalue weighted by atomic mass is 16.2. The smallest absolute Gasteiger partial charge is 0.235 e. The van der Waals surface area contributed by atoms with E-state index in [9.17, 15) is 19.2 Å². The number of Topliss-reactive ketones (excluding diaryl/α,β-unsaturated/α-hetero) is 2. The molecule has 1 saturated carbocycles. The SMILES string of the molecule is CC1(C)CC(N=C=O)CC(C)(CN=C=O)C1.CCC(=O)C(C)=O. The van der Waals surface area contributed by atoms with Gasteiger partial charge in [0.1, 0.15) is 0 Å². The quantitative estimate of drug-likeness (QED) is 0.442. The molecule has 1 aliphatic carbocycles. The van der Waals surface area contributed by atoms with Crippen LogP contribution in [0.3, 0.4) is 0 Å². The fourth-order valence-corrected chi connectivity index (χ4v) is 3.34. The first kappa shape index (κ1) is 21.1. The molecule has 1 fully saturated rings. The van der Waals surface area contributed by atoms with E-state index in [0.29, 0.717) is 13.0 Å². The maximum Gasteiger partial charge on any atom is 0.235 e. The zero-order valence-electron chi connectivity index (χ0n) is 14.6. The van der Waals surface area contributed by atoms with Crippen LogP contribution in [-0.2, 0) is 19.2 Å². The Hall–Kier alpha value is -1.90. The van der Waals surface area contributed by atoms with Crippen molar-refractivity contribution in [3.63, 3.8) is 0 Å². The molecule has 0 saturated heterocycles. The average molecular weight is 322 g/mol. The van der Waals surface area contributed by atoms with Crippen LogP contribution in [0.25, 0.3) is 0 Å². The average Bonchev–Trinajstić information content (AvgIpc) is 2.43. The molecule has 1 aliphatic rings. The van der Waals surface area contributed by atoms with Crippen molar-refractivity contribution in [1.29, 1.82) is 0 Å². The van der Waals surface area contributed by atoms with Crippen LogP contribution in [0.4, 0.5) is 0 Å². The number of carbonyl (C=O) groups is 2. The lowest BCUT2D eigenvalue weighted by Crippen LogP contribution is -2.39. The maximum absolute atomic E-state index is 10.3. The van der Waals surface area contributed by atoms with Gasteiger partial charge in [0, 0.05) is 13.3 Å². The molecule has 0 radical (unpaired) electrons. The number of hydrogen-bond donors (Lipinski definition) is 0. The molecule has 0 N–H and O–H groups in total. The van der Waals surface area contributed by atoms with Gasteiger partial charge in [0.2, 0.25) is 12.2 Å². The van der Waals surface area contributed by atoms with E-state index in [0.717, 1.165) is 19.3 Å². The molecule has 6 heteroatoms. The summed E-state index contributed by atoms with van der Waals surface area (Å²) in [7, 11) is 0. The van der Waals surface area contributed by atoms with Crippen LogP contribution in [0.2, 0.25) is 0 Å². The summed E-state index contributed by atoms with van der Waals surface area (Å²) in [6, 6.07) is 0.00750. The first-order chi connectivity index (χ1) is 10.6. The summed E-state index contributed by atoms with van der Waals surface area (Å²) in [6.07, 6.45) is 6.21. The summed E-state index contributed by atoms with van der Waals surface area (Å²) >= 11 is 0. The topological polar surface area (TPSA) is 93.0 Å². The molecule has 2 atom stereocenters. The van der Waals surface area contributed by atoms with Crippen LogP contribution in [0.15, 0.2) is 9.98 Å². The van der Waals surface area contributed by atoms with Gasteiger partial charge in [-0.1, -0.05) is 27.7 Å². The van der Waals surface area contributed by atoms with Crippen molar-refractivity contribution in [2.45, 2.75) is 66.3 Å². The summed E-state index contributed by atoms with van der Waals surface area (Å²) in [6.45, 7) is 9.81. The number of carbonyl (C=O) groups excluding carboxylic acids is 4. The second-order valence-corrected chi connectivity index (χ2v) is 7.17. The molecule has 0 aromatic rings. The van der Waals surface area contributed by atoms with Gasteiger partial charge in [0.25, 0.3) is 0 Å². The minimum atomic E-state index is -0.345. The minimum absolute atomic E-state index is 0.00750. The summed E-state index contributed by atoms with van der Waals surface area (Å²) in [5, 5.41) is 0. The van der Waals surface area contributed by atoms with Crippen molar-refractivity contribution in [2.24, 2.45) is 20.8 Å². The monoisotopic (exact) mass is 322 g/mol. The summed E-state index contributed by atoms with van der Waals surface area (Å²) in [5.41, 5.74) is 0.0561. The molecule has 0 aromatic carbocycles. The largest absolute Gasteiger partial charge is 0.291 e. The van der Waals surface area contributed by atoms with Crippen molar-refractivity contribution in [1.82, 2.24) is 0 Å². The van der Waals surface area contributed by atoms with Crippen LogP contribution < -0.4 is 0 Å². The first-order valence-corrected chi connectivity index (χ1v) is 7.73. The Kier molecular flexibility index (Phi) is 8.52. The highest BCUT2D eigenvalue weighted by Crippen LogP contribution is 2.47. The van der Waals surface area contributed by atoms with E-state index in [2.05, 4.69) is 30.8 Å². The van der Waals surface area contributed by atoms with Crippen LogP contribution in [0.5, 0.6) is 0 Å². The fraction of sp³-hybridized carbons (Fsp3) is 0.765. The van der Waals surface area contributed by atoms with E-state index in [1.807, 2.05) is 0 Å². The van der Waals surface area contributed by atoms with Crippen molar-refractivity contribution < 1.29 is 19.2 Å². The van der Waals surface area contributed by atoms with E-state index >= 15 is 0 Å². The molecule has 0 bridgehead atoms. The van der Waals surface area contributed by atoms with E-state index in [4.69, 9.17) is 0 Å². The third kappa shape index (κ3) is 8.34. The molecule has 0 heterocycles. The highest BCUT2D eigenvalue weighted by molar-refractivity contribution is 6.36. The number of nitrogens with zero attached hydrogens (tertiary/aromatic N) is 2. The van der Waals surface area contributed by atoms with Gasteiger partial charge in [-0.2, -0.15) is 0 Å². The van der Waals surface area contributed by atoms with Crippen LogP contribution >= 0.6 is 0 Å². The fourth-order valence-electron chi connectivity index (χ4n) is 3.34. The van der Waals surface area contributed by atoms with Crippen molar-refractivity contribution in [3.05, 3.63) is 0 Å². The predicted octanol–water partition coefficient (Wildman–Crippen LogP) is 2.80. The predicted molar refractivity (Wildman–Crippen MR) is 86.6 cm³/mol. The minimum Gasteiger partial charge on any atom is -0.291 e. The summed E-state index contributed by atoms with van der Waals surface area (Å²) < 4.78 is 0. The van der Waals surface area contributed by atoms with E-state index in [-0.39, 0.29) is 28.4 Å². The number of rotatable bonds is 5. The normalized spacial score (nSPS) is 25.0. The second kappa shape index (κ2) is 9.29. The highest BCUT2D eigenvalue weighted by Gasteiger charge is 2.41. The Morgan fingerprint density at radius 1 is 1.13 bits per heavy atom. The Bertz CT molecular complexity index is 529. The lowest BCUT2D eigenvalue weighted by atomic mass is 9.63. The Balaban J connectivity index is 0.000000585. The van der Waals surface area contributed by atoms with Gasteiger partial charge in [-0.25, -0.2) is 19.6 Å². The lowest BCUT2D eigenvalue weighted by molar-refractivity contribution is -0.135. The third-order valence-corrected chi connectivity index (χ3v) is 3.90. The maximum atomic E-state index is 10.3. The second-order valence-electron chi connectivity index (χ2n) is 7.17. The van der Waals surface area contributed by atoms with Gasteiger partial charge in [0.15, 0.2) is 11.6 Å². The molecule has 23 heavy (non-hydrogen) atoms. The summed E-state index contributed by atoms with van der Waals surface area (Å²) in [4.78, 5) is 48.2. The van der Waals surface area contributed by atoms with E-state index in [1.54, 1.807) is 19.1 Å². The number of hydrogen-bond acceptors (Lipinski definition) is 6. The molecular formula is C17H26N2O4. The molecule has 2 unspecified atom stereocenters. The molecule has 0 spiro atoms. The zero-order valence-corrected chi connectivity index (χ0v) is 14.6. The molecule has 0 aromatic heterocycles. The van der Waals surface area contributed by atoms with Crippen LogP contribution in [0, 0.1) is 10.8 Å². The van der Waals surface area contributed by atoms with Gasteiger partial charge >= 0.3 is 0 Å². The third-order valence-electron chi connectivity index (χ3n) is 3.90. The Morgan fingerprint density at radius 3 is 2.13 bits per heavy atom.